The van der Waals surface area contributed by atoms with Gasteiger partial charge in [-0.15, -0.1) is 0 Å². The number of aryl methyl sites for hydroxylation is 1. The van der Waals surface area contributed by atoms with Crippen LogP contribution >= 0.6 is 23.8 Å². The molecule has 0 bridgehead atoms. The minimum atomic E-state index is -0.448. The Bertz CT molecular complexity index is 827. The maximum absolute atomic E-state index is 12.0. The summed E-state index contributed by atoms with van der Waals surface area (Å²) < 4.78 is 5.02. The van der Waals surface area contributed by atoms with Crippen molar-refractivity contribution in [2.24, 2.45) is 0 Å². The molecule has 0 spiro atoms. The number of thiocarbonyl (C=S) groups is 1. The van der Waals surface area contributed by atoms with Crippen LogP contribution in [0.25, 0.3) is 0 Å². The Kier molecular flexibility index (Phi) is 9.22. The maximum Gasteiger partial charge on any atom is 0.339 e. The Morgan fingerprint density at radius 3 is 2.55 bits per heavy atom. The molecule has 2 rings (SSSR count). The number of hydrogen-bond donors (Lipinski definition) is 2. The number of ether oxygens (including phenoxy) is 1. The van der Waals surface area contributed by atoms with Crippen LogP contribution in [0.5, 0.6) is 0 Å². The normalized spacial score (nSPS) is 10.3. The van der Waals surface area contributed by atoms with E-state index in [9.17, 15) is 4.79 Å². The predicted molar refractivity (Wildman–Crippen MR) is 125 cm³/mol. The third kappa shape index (κ3) is 7.22. The molecule has 0 aliphatic rings. The van der Waals surface area contributed by atoms with Gasteiger partial charge >= 0.3 is 5.97 Å². The van der Waals surface area contributed by atoms with E-state index in [2.05, 4.69) is 53.6 Å². The van der Waals surface area contributed by atoms with Crippen molar-refractivity contribution in [1.82, 2.24) is 5.32 Å². The van der Waals surface area contributed by atoms with Gasteiger partial charge in [-0.05, 0) is 69.7 Å². The third-order valence-electron chi connectivity index (χ3n) is 4.39. The van der Waals surface area contributed by atoms with Crippen LogP contribution in [0.1, 0.15) is 36.2 Å². The van der Waals surface area contributed by atoms with E-state index in [1.807, 2.05) is 0 Å². The first-order chi connectivity index (χ1) is 13.9. The van der Waals surface area contributed by atoms with Gasteiger partial charge in [0.15, 0.2) is 5.11 Å². The molecule has 0 aliphatic carbocycles. The Morgan fingerprint density at radius 2 is 1.90 bits per heavy atom. The fourth-order valence-corrected chi connectivity index (χ4v) is 3.26. The van der Waals surface area contributed by atoms with Crippen molar-refractivity contribution in [3.8, 4) is 0 Å². The number of carbonyl (C=O) groups excluding carboxylic acids is 1. The Morgan fingerprint density at radius 1 is 1.17 bits per heavy atom. The van der Waals surface area contributed by atoms with Crippen molar-refractivity contribution in [3.05, 3.63) is 58.6 Å². The van der Waals surface area contributed by atoms with E-state index in [-0.39, 0.29) is 0 Å². The summed E-state index contributed by atoms with van der Waals surface area (Å²) in [5.74, 6) is -0.448. The van der Waals surface area contributed by atoms with Crippen LogP contribution in [0, 0.1) is 6.92 Å². The van der Waals surface area contributed by atoms with Crippen molar-refractivity contribution >= 4 is 46.3 Å². The van der Waals surface area contributed by atoms with E-state index in [1.54, 1.807) is 25.1 Å². The standard InChI is InChI=1S/C22H28ClN3O2S/c1-4-26(18-10-7-16(3)8-11-18)14-6-13-24-22(29)25-17-9-12-20(23)19(15-17)21(27)28-5-2/h7-12,15H,4-6,13-14H2,1-3H3,(H2,24,25,29). The minimum Gasteiger partial charge on any atom is -0.462 e. The van der Waals surface area contributed by atoms with E-state index in [4.69, 9.17) is 28.6 Å². The van der Waals surface area contributed by atoms with Crippen LogP contribution in [0.2, 0.25) is 5.02 Å². The molecule has 0 radical (unpaired) electrons. The molecular weight excluding hydrogens is 406 g/mol. The summed E-state index contributed by atoms with van der Waals surface area (Å²) in [6, 6.07) is 13.6. The maximum atomic E-state index is 12.0. The number of hydrogen-bond acceptors (Lipinski definition) is 4. The smallest absolute Gasteiger partial charge is 0.339 e. The summed E-state index contributed by atoms with van der Waals surface area (Å²) >= 11 is 11.4. The van der Waals surface area contributed by atoms with Gasteiger partial charge in [-0.3, -0.25) is 0 Å². The lowest BCUT2D eigenvalue weighted by Crippen LogP contribution is -2.32. The molecule has 0 saturated heterocycles. The van der Waals surface area contributed by atoms with Gasteiger partial charge in [0.2, 0.25) is 0 Å². The molecular formula is C22H28ClN3O2S. The molecule has 0 aliphatic heterocycles. The molecule has 0 amide bonds. The number of halogens is 1. The molecule has 0 aromatic heterocycles. The van der Waals surface area contributed by atoms with Crippen LogP contribution < -0.4 is 15.5 Å². The van der Waals surface area contributed by atoms with Crippen LogP contribution in [0.3, 0.4) is 0 Å². The molecule has 0 heterocycles. The Balaban J connectivity index is 1.81. The van der Waals surface area contributed by atoms with Gasteiger partial charge in [-0.2, -0.15) is 0 Å². The monoisotopic (exact) mass is 433 g/mol. The van der Waals surface area contributed by atoms with E-state index in [0.29, 0.717) is 28.0 Å². The summed E-state index contributed by atoms with van der Waals surface area (Å²) in [4.78, 5) is 14.3. The summed E-state index contributed by atoms with van der Waals surface area (Å²) in [6.45, 7) is 8.92. The lowest BCUT2D eigenvalue weighted by molar-refractivity contribution is 0.0526. The van der Waals surface area contributed by atoms with E-state index in [0.717, 1.165) is 26.1 Å². The summed E-state index contributed by atoms with van der Waals surface area (Å²) in [7, 11) is 0. The fraction of sp³-hybridized carbons (Fsp3) is 0.364. The molecule has 0 saturated carbocycles. The SMILES string of the molecule is CCOC(=O)c1cc(NC(=S)NCCCN(CC)c2ccc(C)cc2)ccc1Cl. The number of nitrogens with one attached hydrogen (secondary N) is 2. The first-order valence-corrected chi connectivity index (χ1v) is 10.6. The Labute approximate surface area is 183 Å². The number of anilines is 2. The molecule has 0 atom stereocenters. The molecule has 0 fully saturated rings. The van der Waals surface area contributed by atoms with Crippen molar-refractivity contribution in [2.45, 2.75) is 27.2 Å². The van der Waals surface area contributed by atoms with Crippen LogP contribution in [-0.2, 0) is 4.74 Å². The topological polar surface area (TPSA) is 53.6 Å². The summed E-state index contributed by atoms with van der Waals surface area (Å²) in [6.07, 6.45) is 0.943. The average molecular weight is 434 g/mol. The molecule has 0 unspecified atom stereocenters. The van der Waals surface area contributed by atoms with Crippen molar-refractivity contribution < 1.29 is 9.53 Å². The van der Waals surface area contributed by atoms with Gasteiger partial charge < -0.3 is 20.3 Å². The second-order valence-electron chi connectivity index (χ2n) is 6.56. The van der Waals surface area contributed by atoms with Crippen LogP contribution in [0.4, 0.5) is 11.4 Å². The zero-order chi connectivity index (χ0) is 21.2. The Hall–Kier alpha value is -2.31. The van der Waals surface area contributed by atoms with Crippen LogP contribution in [-0.4, -0.2) is 37.3 Å². The van der Waals surface area contributed by atoms with E-state index in [1.165, 1.54) is 11.3 Å². The molecule has 5 nitrogen and oxygen atoms in total. The molecule has 156 valence electrons. The number of esters is 1. The quantitative estimate of drug-likeness (QED) is 0.328. The highest BCUT2D eigenvalue weighted by atomic mass is 35.5. The largest absolute Gasteiger partial charge is 0.462 e. The summed E-state index contributed by atoms with van der Waals surface area (Å²) in [5, 5.41) is 7.14. The van der Waals surface area contributed by atoms with Gasteiger partial charge in [-0.25, -0.2) is 4.79 Å². The second-order valence-corrected chi connectivity index (χ2v) is 7.38. The van der Waals surface area contributed by atoms with E-state index >= 15 is 0 Å². The van der Waals surface area contributed by atoms with Crippen molar-refractivity contribution in [3.63, 3.8) is 0 Å². The number of nitrogens with zero attached hydrogens (tertiary/aromatic N) is 1. The lowest BCUT2D eigenvalue weighted by atomic mass is 10.2. The van der Waals surface area contributed by atoms with Crippen molar-refractivity contribution in [2.75, 3.05) is 36.5 Å². The average Bonchev–Trinajstić information content (AvgIpc) is 2.70. The van der Waals surface area contributed by atoms with Gasteiger partial charge in [-0.1, -0.05) is 29.3 Å². The van der Waals surface area contributed by atoms with E-state index < -0.39 is 5.97 Å². The third-order valence-corrected chi connectivity index (χ3v) is 4.97. The fourth-order valence-electron chi connectivity index (χ4n) is 2.84. The van der Waals surface area contributed by atoms with Gasteiger partial charge in [0.1, 0.15) is 0 Å². The molecule has 7 heteroatoms. The molecule has 2 aromatic carbocycles. The first kappa shape index (κ1) is 23.0. The van der Waals surface area contributed by atoms with Gasteiger partial charge in [0, 0.05) is 31.0 Å². The van der Waals surface area contributed by atoms with Crippen LogP contribution in [0.15, 0.2) is 42.5 Å². The summed E-state index contributed by atoms with van der Waals surface area (Å²) in [5.41, 5.74) is 3.49. The predicted octanol–water partition coefficient (Wildman–Crippen LogP) is 5.03. The zero-order valence-electron chi connectivity index (χ0n) is 17.1. The zero-order valence-corrected chi connectivity index (χ0v) is 18.7. The van der Waals surface area contributed by atoms with Gasteiger partial charge in [0.05, 0.1) is 17.2 Å². The van der Waals surface area contributed by atoms with Crippen molar-refractivity contribution in [1.29, 1.82) is 0 Å². The molecule has 2 N–H and O–H groups in total. The first-order valence-electron chi connectivity index (χ1n) is 9.77. The van der Waals surface area contributed by atoms with Gasteiger partial charge in [0.25, 0.3) is 0 Å². The number of rotatable bonds is 9. The molecule has 2 aromatic rings. The molecule has 29 heavy (non-hydrogen) atoms. The number of benzene rings is 2. The lowest BCUT2D eigenvalue weighted by Gasteiger charge is -2.23. The number of carbonyl (C=O) groups is 1. The highest BCUT2D eigenvalue weighted by molar-refractivity contribution is 7.80. The highest BCUT2D eigenvalue weighted by Crippen LogP contribution is 2.21. The highest BCUT2D eigenvalue weighted by Gasteiger charge is 2.12. The second kappa shape index (κ2) is 11.6. The minimum absolute atomic E-state index is 0.296.